The highest BCUT2D eigenvalue weighted by atomic mass is 32.1. The Bertz CT molecular complexity index is 1480. The summed E-state index contributed by atoms with van der Waals surface area (Å²) in [5.41, 5.74) is 8.73. The normalized spacial score (nSPS) is 22.3. The predicted octanol–water partition coefficient (Wildman–Crippen LogP) is 5.18. The Labute approximate surface area is 220 Å². The molecule has 0 spiro atoms. The fourth-order valence-electron chi connectivity index (χ4n) is 5.18. The zero-order valence-electron chi connectivity index (χ0n) is 20.4. The molecule has 0 saturated carbocycles. The molecular weight excluding hydrogens is 510 g/mol. The number of halogens is 1. The zero-order valence-corrected chi connectivity index (χ0v) is 22.4. The van der Waals surface area contributed by atoms with E-state index in [0.29, 0.717) is 11.3 Å². The summed E-state index contributed by atoms with van der Waals surface area (Å²) in [4.78, 5) is 19.5. The number of fused-ring (bicyclic) bond motifs is 2. The number of nitrogens with two attached hydrogens (primary N) is 1. The number of carbonyl (C=O) groups is 1. The van der Waals surface area contributed by atoms with Crippen molar-refractivity contribution in [1.82, 2.24) is 14.5 Å². The maximum Gasteiger partial charge on any atom is 0.262 e. The first kappa shape index (κ1) is 24.3. The molecule has 3 heterocycles. The third-order valence-corrected chi connectivity index (χ3v) is 8.82. The fourth-order valence-corrected chi connectivity index (χ4v) is 6.58. The molecule has 0 bridgehead atoms. The highest BCUT2D eigenvalue weighted by molar-refractivity contribution is 7.18. The van der Waals surface area contributed by atoms with Gasteiger partial charge in [-0.3, -0.25) is 9.36 Å². The van der Waals surface area contributed by atoms with Gasteiger partial charge in [-0.2, -0.15) is 0 Å². The molecule has 4 aromatic rings. The average molecular weight is 539 g/mol. The van der Waals surface area contributed by atoms with Gasteiger partial charge in [0.1, 0.15) is 39.9 Å². The molecule has 7 nitrogen and oxygen atoms in total. The molecule has 2 aromatic carbocycles. The van der Waals surface area contributed by atoms with E-state index in [0.717, 1.165) is 53.3 Å². The maximum atomic E-state index is 15.2. The quantitative estimate of drug-likeness (QED) is 0.342. The van der Waals surface area contributed by atoms with Gasteiger partial charge in [-0.25, -0.2) is 9.37 Å². The summed E-state index contributed by atoms with van der Waals surface area (Å²) in [6, 6.07) is 14.9. The van der Waals surface area contributed by atoms with Gasteiger partial charge in [0.25, 0.3) is 5.91 Å². The van der Waals surface area contributed by atoms with E-state index in [4.69, 9.17) is 15.2 Å². The van der Waals surface area contributed by atoms with Gasteiger partial charge in [0.05, 0.1) is 11.0 Å². The number of piperidine rings is 1. The van der Waals surface area contributed by atoms with Crippen LogP contribution in [0.15, 0.2) is 54.9 Å². The summed E-state index contributed by atoms with van der Waals surface area (Å²) in [5, 5.41) is -0.857. The number of nitrogens with zero attached hydrogens (tertiary/aromatic N) is 3. The van der Waals surface area contributed by atoms with Crippen LogP contribution in [0.2, 0.25) is 0 Å². The standard InChI is InChI=1S/C27H28FN4O3PS/c1-31-10-8-16(9-11-31)34-17-6-7-20-21(12-17)32(15-30-20)24-13-22(25(37-24)26(29)33)35-23-14-27(28,36)19-5-3-2-4-18(19)23/h2-7,12-13,15-16,23H,8-11,14,36H2,1H3,(H2,29,33). The van der Waals surface area contributed by atoms with E-state index in [1.54, 1.807) is 18.5 Å². The Morgan fingerprint density at radius 3 is 2.76 bits per heavy atom. The van der Waals surface area contributed by atoms with Gasteiger partial charge < -0.3 is 20.1 Å². The molecule has 3 atom stereocenters. The Kier molecular flexibility index (Phi) is 6.18. The monoisotopic (exact) mass is 538 g/mol. The van der Waals surface area contributed by atoms with Gasteiger partial charge in [0.2, 0.25) is 0 Å². The number of imidazole rings is 1. The number of thiophene rings is 1. The van der Waals surface area contributed by atoms with Gasteiger partial charge in [-0.05, 0) is 43.1 Å². The Balaban J connectivity index is 1.31. The van der Waals surface area contributed by atoms with Crippen molar-refractivity contribution in [2.24, 2.45) is 5.73 Å². The third kappa shape index (κ3) is 4.60. The minimum Gasteiger partial charge on any atom is -0.490 e. The number of likely N-dealkylation sites (tertiary alicyclic amines) is 1. The minimum absolute atomic E-state index is 0.131. The van der Waals surface area contributed by atoms with Gasteiger partial charge >= 0.3 is 0 Å². The summed E-state index contributed by atoms with van der Waals surface area (Å²) in [6.07, 6.45) is 3.47. The summed E-state index contributed by atoms with van der Waals surface area (Å²) < 4.78 is 29.6. The van der Waals surface area contributed by atoms with Gasteiger partial charge in [0.15, 0.2) is 5.41 Å². The largest absolute Gasteiger partial charge is 0.490 e. The molecule has 1 aliphatic carbocycles. The molecule has 2 aliphatic rings. The van der Waals surface area contributed by atoms with Crippen molar-refractivity contribution in [2.75, 3.05) is 20.1 Å². The van der Waals surface area contributed by atoms with Crippen molar-refractivity contribution in [3.63, 3.8) is 0 Å². The Hall–Kier alpha value is -3.00. The van der Waals surface area contributed by atoms with Crippen molar-refractivity contribution < 1.29 is 18.7 Å². The molecule has 1 fully saturated rings. The van der Waals surface area contributed by atoms with Crippen molar-refractivity contribution in [3.8, 4) is 16.5 Å². The van der Waals surface area contributed by atoms with Crippen LogP contribution in [0.5, 0.6) is 11.5 Å². The number of carbonyl (C=O) groups excluding carboxylic acids is 1. The number of primary amides is 1. The van der Waals surface area contributed by atoms with E-state index in [-0.39, 0.29) is 17.4 Å². The van der Waals surface area contributed by atoms with Crippen LogP contribution in [0.3, 0.4) is 0 Å². The van der Waals surface area contributed by atoms with Crippen LogP contribution in [0.4, 0.5) is 4.39 Å². The molecule has 3 unspecified atom stereocenters. The van der Waals surface area contributed by atoms with Gasteiger partial charge in [-0.1, -0.05) is 33.5 Å². The molecule has 10 heteroatoms. The molecule has 1 saturated heterocycles. The fraction of sp³-hybridized carbons (Fsp3) is 0.333. The molecule has 2 N–H and O–H groups in total. The SMILES string of the molecule is CN1CCC(Oc2ccc3ncn(-c4cc(OC5CC(F)(P)c6ccccc65)c(C(N)=O)s4)c3c2)CC1. The number of benzene rings is 2. The van der Waals surface area contributed by atoms with Crippen molar-refractivity contribution in [2.45, 2.75) is 36.9 Å². The Morgan fingerprint density at radius 1 is 1.19 bits per heavy atom. The van der Waals surface area contributed by atoms with E-state index < -0.39 is 17.4 Å². The van der Waals surface area contributed by atoms with Crippen LogP contribution in [0.1, 0.15) is 46.2 Å². The smallest absolute Gasteiger partial charge is 0.262 e. The molecule has 192 valence electrons. The van der Waals surface area contributed by atoms with Crippen LogP contribution >= 0.6 is 20.6 Å². The lowest BCUT2D eigenvalue weighted by Gasteiger charge is -2.29. The second-order valence-corrected chi connectivity index (χ2v) is 11.7. The van der Waals surface area contributed by atoms with Gasteiger partial charge in [-0.15, -0.1) is 11.3 Å². The lowest BCUT2D eigenvalue weighted by Crippen LogP contribution is -2.35. The Morgan fingerprint density at radius 2 is 1.97 bits per heavy atom. The van der Waals surface area contributed by atoms with Crippen LogP contribution < -0.4 is 15.2 Å². The van der Waals surface area contributed by atoms with Crippen LogP contribution in [-0.4, -0.2) is 46.6 Å². The van der Waals surface area contributed by atoms with E-state index in [9.17, 15) is 4.79 Å². The van der Waals surface area contributed by atoms with E-state index in [1.165, 1.54) is 11.3 Å². The summed E-state index contributed by atoms with van der Waals surface area (Å²) in [5.74, 6) is 0.537. The maximum absolute atomic E-state index is 15.2. The third-order valence-electron chi connectivity index (χ3n) is 7.14. The van der Waals surface area contributed by atoms with Crippen LogP contribution in [-0.2, 0) is 5.41 Å². The van der Waals surface area contributed by atoms with Crippen LogP contribution in [0.25, 0.3) is 16.0 Å². The lowest BCUT2D eigenvalue weighted by molar-refractivity contribution is 0.0995. The second kappa shape index (κ2) is 9.39. The first-order valence-corrected chi connectivity index (χ1v) is 13.7. The molecule has 0 radical (unpaired) electrons. The summed E-state index contributed by atoms with van der Waals surface area (Å²) in [6.45, 7) is 2.04. The number of ether oxygens (including phenoxy) is 2. The average Bonchev–Trinajstić information content (AvgIpc) is 3.55. The zero-order chi connectivity index (χ0) is 25.7. The molecular formula is C27H28FN4O3PS. The molecule has 6 rings (SSSR count). The number of aromatic nitrogens is 2. The number of amides is 1. The van der Waals surface area contributed by atoms with Crippen molar-refractivity contribution in [1.29, 1.82) is 0 Å². The van der Waals surface area contributed by atoms with Crippen molar-refractivity contribution >= 4 is 37.5 Å². The number of hydrogen-bond donors (Lipinski definition) is 1. The molecule has 2 aromatic heterocycles. The van der Waals surface area contributed by atoms with Gasteiger partial charge in [0, 0.05) is 31.6 Å². The number of hydrogen-bond acceptors (Lipinski definition) is 6. The summed E-state index contributed by atoms with van der Waals surface area (Å²) >= 11 is 1.22. The van der Waals surface area contributed by atoms with Crippen LogP contribution in [0, 0.1) is 0 Å². The van der Waals surface area contributed by atoms with Crippen molar-refractivity contribution in [3.05, 3.63) is 70.9 Å². The number of rotatable bonds is 6. The minimum atomic E-state index is -1.59. The lowest BCUT2D eigenvalue weighted by atomic mass is 10.1. The van der Waals surface area contributed by atoms with E-state index in [2.05, 4.69) is 26.2 Å². The predicted molar refractivity (Wildman–Crippen MR) is 146 cm³/mol. The highest BCUT2D eigenvalue weighted by Crippen LogP contribution is 2.52. The second-order valence-electron chi connectivity index (χ2n) is 9.79. The van der Waals surface area contributed by atoms with E-state index >= 15 is 4.39 Å². The molecule has 37 heavy (non-hydrogen) atoms. The molecule has 1 amide bonds. The first-order valence-electron chi connectivity index (χ1n) is 12.3. The topological polar surface area (TPSA) is 82.6 Å². The van der Waals surface area contributed by atoms with E-state index in [1.807, 2.05) is 41.0 Å². The highest BCUT2D eigenvalue weighted by Gasteiger charge is 2.42. The number of alkyl halides is 1. The molecule has 1 aliphatic heterocycles. The summed E-state index contributed by atoms with van der Waals surface area (Å²) in [7, 11) is 4.41. The first-order chi connectivity index (χ1) is 17.8.